The molecule has 0 bridgehead atoms. The molecule has 1 atom stereocenters. The highest BCUT2D eigenvalue weighted by atomic mass is 32.2. The van der Waals surface area contributed by atoms with Crippen LogP contribution in [0.3, 0.4) is 0 Å². The molecule has 6 heteroatoms. The zero-order chi connectivity index (χ0) is 12.1. The van der Waals surface area contributed by atoms with E-state index >= 15 is 0 Å². The molecular formula is C9H20FNO3S. The fourth-order valence-electron chi connectivity index (χ4n) is 0.829. The minimum absolute atomic E-state index is 0.0129. The predicted octanol–water partition coefficient (Wildman–Crippen LogP) is 0.672. The van der Waals surface area contributed by atoms with Crippen molar-refractivity contribution in [2.75, 3.05) is 19.0 Å². The van der Waals surface area contributed by atoms with Crippen LogP contribution in [0, 0.1) is 5.41 Å². The summed E-state index contributed by atoms with van der Waals surface area (Å²) in [6.45, 7) is 4.76. The average molecular weight is 241 g/mol. The van der Waals surface area contributed by atoms with Gasteiger partial charge in [0.1, 0.15) is 0 Å². The van der Waals surface area contributed by atoms with Crippen molar-refractivity contribution in [2.45, 2.75) is 33.3 Å². The topological polar surface area (TPSA) is 66.4 Å². The predicted molar refractivity (Wildman–Crippen MR) is 57.8 cm³/mol. The van der Waals surface area contributed by atoms with Crippen molar-refractivity contribution in [1.82, 2.24) is 4.72 Å². The van der Waals surface area contributed by atoms with E-state index in [2.05, 4.69) is 4.72 Å². The average Bonchev–Trinajstić information content (AvgIpc) is 2.09. The monoisotopic (exact) mass is 241 g/mol. The highest BCUT2D eigenvalue weighted by Crippen LogP contribution is 2.18. The van der Waals surface area contributed by atoms with Crippen LogP contribution in [-0.2, 0) is 10.0 Å². The van der Waals surface area contributed by atoms with Gasteiger partial charge in [-0.1, -0.05) is 20.8 Å². The molecule has 0 spiro atoms. The lowest BCUT2D eigenvalue weighted by molar-refractivity contribution is 0.0677. The first-order chi connectivity index (χ1) is 6.69. The fourth-order valence-corrected chi connectivity index (χ4v) is 1.87. The quantitative estimate of drug-likeness (QED) is 0.718. The summed E-state index contributed by atoms with van der Waals surface area (Å²) >= 11 is 0. The Balaban J connectivity index is 4.05. The molecule has 0 aromatic carbocycles. The van der Waals surface area contributed by atoms with Gasteiger partial charge in [0, 0.05) is 6.54 Å². The Labute approximate surface area is 90.9 Å². The molecule has 0 fully saturated rings. The maximum atomic E-state index is 11.8. The van der Waals surface area contributed by atoms with E-state index in [-0.39, 0.29) is 24.1 Å². The van der Waals surface area contributed by atoms with Gasteiger partial charge < -0.3 is 5.11 Å². The largest absolute Gasteiger partial charge is 0.391 e. The van der Waals surface area contributed by atoms with Crippen molar-refractivity contribution in [3.05, 3.63) is 0 Å². The Morgan fingerprint density at radius 3 is 2.33 bits per heavy atom. The number of aliphatic hydroxyl groups excluding tert-OH is 1. The number of aliphatic hydroxyl groups is 1. The van der Waals surface area contributed by atoms with Gasteiger partial charge >= 0.3 is 0 Å². The minimum atomic E-state index is -3.45. The van der Waals surface area contributed by atoms with E-state index in [9.17, 15) is 17.9 Å². The molecule has 4 nitrogen and oxygen atoms in total. The van der Waals surface area contributed by atoms with E-state index in [1.54, 1.807) is 0 Å². The van der Waals surface area contributed by atoms with Crippen LogP contribution in [-0.4, -0.2) is 38.6 Å². The zero-order valence-electron chi connectivity index (χ0n) is 9.46. The summed E-state index contributed by atoms with van der Waals surface area (Å²) in [6.07, 6.45) is -0.765. The van der Waals surface area contributed by atoms with Gasteiger partial charge in [-0.25, -0.2) is 13.1 Å². The number of hydrogen-bond acceptors (Lipinski definition) is 3. The number of alkyl halides is 1. The lowest BCUT2D eigenvalue weighted by atomic mass is 9.89. The van der Waals surface area contributed by atoms with Crippen molar-refractivity contribution in [2.24, 2.45) is 5.41 Å². The van der Waals surface area contributed by atoms with Crippen LogP contribution in [0.1, 0.15) is 27.2 Å². The standard InChI is InChI=1S/C9H20FNO3S/c1-9(2,3)8(12)7-11-15(13,14)6-4-5-10/h8,11-12H,4-7H2,1-3H3. The molecule has 0 saturated heterocycles. The van der Waals surface area contributed by atoms with Gasteiger partial charge in [0.05, 0.1) is 18.5 Å². The molecule has 0 aromatic heterocycles. The number of rotatable bonds is 6. The molecule has 0 aliphatic heterocycles. The van der Waals surface area contributed by atoms with Gasteiger partial charge in [-0.2, -0.15) is 0 Å². The minimum Gasteiger partial charge on any atom is -0.391 e. The van der Waals surface area contributed by atoms with Gasteiger partial charge in [-0.15, -0.1) is 0 Å². The van der Waals surface area contributed by atoms with Gasteiger partial charge in [0.15, 0.2) is 0 Å². The van der Waals surface area contributed by atoms with E-state index in [1.807, 2.05) is 20.8 Å². The lowest BCUT2D eigenvalue weighted by Gasteiger charge is -2.25. The van der Waals surface area contributed by atoms with Crippen molar-refractivity contribution >= 4 is 10.0 Å². The Morgan fingerprint density at radius 2 is 1.93 bits per heavy atom. The highest BCUT2D eigenvalue weighted by molar-refractivity contribution is 7.89. The number of hydrogen-bond donors (Lipinski definition) is 2. The van der Waals surface area contributed by atoms with Crippen LogP contribution in [0.4, 0.5) is 4.39 Å². The summed E-state index contributed by atoms with van der Waals surface area (Å²) in [4.78, 5) is 0. The molecule has 0 amide bonds. The van der Waals surface area contributed by atoms with Gasteiger partial charge in [0.25, 0.3) is 0 Å². The number of sulfonamides is 1. The second-order valence-electron chi connectivity index (χ2n) is 4.59. The van der Waals surface area contributed by atoms with Crippen LogP contribution >= 0.6 is 0 Å². The first-order valence-electron chi connectivity index (χ1n) is 4.90. The summed E-state index contributed by atoms with van der Waals surface area (Å²) in [5.41, 5.74) is -0.372. The van der Waals surface area contributed by atoms with Gasteiger partial charge in [-0.05, 0) is 11.8 Å². The second-order valence-corrected chi connectivity index (χ2v) is 6.52. The zero-order valence-corrected chi connectivity index (χ0v) is 10.3. The summed E-state index contributed by atoms with van der Waals surface area (Å²) in [5, 5.41) is 9.57. The molecule has 0 aliphatic rings. The first kappa shape index (κ1) is 14.8. The SMILES string of the molecule is CC(C)(C)C(O)CNS(=O)(=O)CCCF. The summed E-state index contributed by atoms with van der Waals surface area (Å²) in [7, 11) is -3.45. The highest BCUT2D eigenvalue weighted by Gasteiger charge is 2.23. The maximum absolute atomic E-state index is 11.8. The van der Waals surface area contributed by atoms with Crippen molar-refractivity contribution in [1.29, 1.82) is 0 Å². The molecule has 15 heavy (non-hydrogen) atoms. The molecule has 0 radical (unpaired) electrons. The van der Waals surface area contributed by atoms with E-state index in [0.29, 0.717) is 0 Å². The molecule has 92 valence electrons. The third-order valence-electron chi connectivity index (χ3n) is 2.04. The normalized spacial score (nSPS) is 15.3. The molecule has 0 heterocycles. The summed E-state index contributed by atoms with van der Waals surface area (Å²) in [5.74, 6) is -0.236. The van der Waals surface area contributed by atoms with E-state index in [1.165, 1.54) is 0 Å². The van der Waals surface area contributed by atoms with Crippen LogP contribution in [0.5, 0.6) is 0 Å². The van der Waals surface area contributed by atoms with Crippen LogP contribution in [0.2, 0.25) is 0 Å². The molecule has 1 unspecified atom stereocenters. The first-order valence-corrected chi connectivity index (χ1v) is 6.55. The Bertz CT molecular complexity index is 272. The summed E-state index contributed by atoms with van der Waals surface area (Å²) in [6, 6.07) is 0. The molecule has 0 aromatic rings. The molecule has 0 aliphatic carbocycles. The van der Waals surface area contributed by atoms with Crippen LogP contribution < -0.4 is 4.72 Å². The number of nitrogens with one attached hydrogen (secondary N) is 1. The smallest absolute Gasteiger partial charge is 0.211 e. The van der Waals surface area contributed by atoms with Crippen LogP contribution in [0.15, 0.2) is 0 Å². The maximum Gasteiger partial charge on any atom is 0.211 e. The van der Waals surface area contributed by atoms with E-state index in [0.717, 1.165) is 0 Å². The molecule has 0 saturated carbocycles. The molecular weight excluding hydrogens is 221 g/mol. The lowest BCUT2D eigenvalue weighted by Crippen LogP contribution is -2.40. The molecule has 0 rings (SSSR count). The van der Waals surface area contributed by atoms with Gasteiger partial charge in [0.2, 0.25) is 10.0 Å². The van der Waals surface area contributed by atoms with E-state index in [4.69, 9.17) is 0 Å². The van der Waals surface area contributed by atoms with Crippen molar-refractivity contribution in [3.63, 3.8) is 0 Å². The van der Waals surface area contributed by atoms with Crippen LogP contribution in [0.25, 0.3) is 0 Å². The van der Waals surface area contributed by atoms with Gasteiger partial charge in [-0.3, -0.25) is 4.39 Å². The summed E-state index contributed by atoms with van der Waals surface area (Å²) < 4.78 is 36.5. The fraction of sp³-hybridized carbons (Fsp3) is 1.00. The second kappa shape index (κ2) is 5.77. The molecule has 2 N–H and O–H groups in total. The number of halogens is 1. The van der Waals surface area contributed by atoms with Crippen molar-refractivity contribution < 1.29 is 17.9 Å². The Kier molecular flexibility index (Phi) is 5.69. The Hall–Kier alpha value is -0.200. The third-order valence-corrected chi connectivity index (χ3v) is 3.48. The van der Waals surface area contributed by atoms with Crippen molar-refractivity contribution in [3.8, 4) is 0 Å². The van der Waals surface area contributed by atoms with E-state index < -0.39 is 22.8 Å². The third kappa shape index (κ3) is 6.81. The Morgan fingerprint density at radius 1 is 1.40 bits per heavy atom.